The molecule has 12 heteroatoms. The molecule has 0 aromatic heterocycles. The number of benzene rings is 3. The van der Waals surface area contributed by atoms with Gasteiger partial charge in [-0.2, -0.15) is 26.3 Å². The molecule has 1 aliphatic carbocycles. The second-order valence-corrected chi connectivity index (χ2v) is 12.0. The van der Waals surface area contributed by atoms with Gasteiger partial charge >= 0.3 is 12.4 Å². The first-order chi connectivity index (χ1) is 21.5. The molecular weight excluding hydrogens is 617 g/mol. The van der Waals surface area contributed by atoms with Crippen molar-refractivity contribution in [3.8, 4) is 0 Å². The molecule has 5 atom stereocenters. The van der Waals surface area contributed by atoms with Gasteiger partial charge < -0.3 is 4.74 Å². The number of aliphatic imine (C=N–C) groups is 1. The van der Waals surface area contributed by atoms with E-state index in [1.165, 1.54) is 19.1 Å². The van der Waals surface area contributed by atoms with Crippen LogP contribution in [-0.4, -0.2) is 35.6 Å². The smallest absolute Gasteiger partial charge is 0.370 e. The molecule has 1 saturated carbocycles. The number of ketones is 1. The number of carbonyl (C=O) groups is 2. The Bertz CT molecular complexity index is 1590. The maximum atomic E-state index is 13.9. The number of alkyl halides is 6. The molecule has 1 unspecified atom stereocenters. The zero-order valence-electron chi connectivity index (χ0n) is 24.9. The third-order valence-electron chi connectivity index (χ3n) is 8.72. The van der Waals surface area contributed by atoms with Crippen molar-refractivity contribution >= 4 is 17.4 Å². The molecule has 1 N–H and O–H groups in total. The fourth-order valence-electron chi connectivity index (χ4n) is 6.26. The van der Waals surface area contributed by atoms with Gasteiger partial charge in [-0.15, -0.1) is 0 Å². The van der Waals surface area contributed by atoms with E-state index < -0.39 is 64.8 Å². The average molecular weight is 649 g/mol. The fraction of sp³-hybridized carbons (Fsp3) is 0.382. The van der Waals surface area contributed by atoms with Gasteiger partial charge in [-0.1, -0.05) is 42.5 Å². The Balaban J connectivity index is 1.39. The molecule has 2 aliphatic rings. The van der Waals surface area contributed by atoms with E-state index in [9.17, 15) is 40.3 Å². The molecule has 1 amide bonds. The number of hydrogen-bond acceptors (Lipinski definition) is 4. The molecule has 0 spiro atoms. The topological polar surface area (TPSA) is 67.8 Å². The number of hydrogen-bond donors (Lipinski definition) is 1. The van der Waals surface area contributed by atoms with Gasteiger partial charge in [0.1, 0.15) is 11.4 Å². The van der Waals surface area contributed by atoms with Gasteiger partial charge in [0.05, 0.1) is 29.9 Å². The van der Waals surface area contributed by atoms with E-state index in [0.717, 1.165) is 0 Å². The maximum Gasteiger partial charge on any atom is 0.416 e. The molecule has 3 aromatic carbocycles. The van der Waals surface area contributed by atoms with E-state index in [2.05, 4.69) is 10.3 Å². The lowest BCUT2D eigenvalue weighted by Crippen LogP contribution is -2.49. The van der Waals surface area contributed by atoms with Crippen LogP contribution in [0.3, 0.4) is 0 Å². The minimum Gasteiger partial charge on any atom is -0.370 e. The lowest BCUT2D eigenvalue weighted by Gasteiger charge is -2.29. The van der Waals surface area contributed by atoms with Crippen molar-refractivity contribution in [1.82, 2.24) is 5.32 Å². The van der Waals surface area contributed by atoms with Crippen LogP contribution in [0.4, 0.5) is 30.7 Å². The summed E-state index contributed by atoms with van der Waals surface area (Å²) in [5, 5.41) is 3.04. The Labute approximate surface area is 260 Å². The Morgan fingerprint density at radius 3 is 2.15 bits per heavy atom. The van der Waals surface area contributed by atoms with Crippen molar-refractivity contribution in [1.29, 1.82) is 0 Å². The molecule has 0 radical (unpaired) electrons. The number of Topliss-reactive ketones (excluding diaryl/α,β-unsaturated/α-hetero) is 1. The van der Waals surface area contributed by atoms with Gasteiger partial charge in [0.15, 0.2) is 5.78 Å². The average Bonchev–Trinajstić information content (AvgIpc) is 3.55. The van der Waals surface area contributed by atoms with E-state index in [4.69, 9.17) is 4.74 Å². The van der Waals surface area contributed by atoms with E-state index in [0.29, 0.717) is 41.8 Å². The lowest BCUT2D eigenvalue weighted by molar-refractivity contribution is -0.143. The Morgan fingerprint density at radius 1 is 0.957 bits per heavy atom. The van der Waals surface area contributed by atoms with Gasteiger partial charge in [-0.25, -0.2) is 9.38 Å². The van der Waals surface area contributed by atoms with E-state index >= 15 is 0 Å². The highest BCUT2D eigenvalue weighted by Crippen LogP contribution is 2.47. The number of carbonyl (C=O) groups excluding carboxylic acids is 2. The lowest BCUT2D eigenvalue weighted by atomic mass is 9.81. The number of ether oxygens (including phenoxy) is 1. The highest BCUT2D eigenvalue weighted by atomic mass is 19.4. The molecule has 3 aromatic rings. The Hall–Kier alpha value is -3.90. The summed E-state index contributed by atoms with van der Waals surface area (Å²) in [6.45, 7) is 2.92. The van der Waals surface area contributed by atoms with Crippen molar-refractivity contribution < 1.29 is 45.1 Å². The van der Waals surface area contributed by atoms with Gasteiger partial charge in [-0.3, -0.25) is 14.9 Å². The minimum absolute atomic E-state index is 0.0663. The van der Waals surface area contributed by atoms with Crippen LogP contribution < -0.4 is 5.32 Å². The monoisotopic (exact) mass is 648 g/mol. The SMILES string of the molecule is C[C@@H](OC1CC[C@@H](C2=NC(=O)[C@](C)(NCC(=O)c3ccccc3)C2)[C@@H]1c1ccc(F)cc1)c1cc(C(F)(F)F)cc(C(F)(F)F)c1. The van der Waals surface area contributed by atoms with Crippen molar-refractivity contribution in [2.24, 2.45) is 10.9 Å². The summed E-state index contributed by atoms with van der Waals surface area (Å²) in [6.07, 6.45) is -10.9. The molecule has 0 bridgehead atoms. The molecule has 5 rings (SSSR count). The molecule has 1 heterocycles. The molecule has 0 saturated heterocycles. The Kier molecular flexibility index (Phi) is 9.25. The third-order valence-corrected chi connectivity index (χ3v) is 8.72. The molecule has 46 heavy (non-hydrogen) atoms. The van der Waals surface area contributed by atoms with Crippen molar-refractivity contribution in [3.05, 3.63) is 106 Å². The molecular formula is C34H31F7N2O3. The zero-order chi connectivity index (χ0) is 33.4. The highest BCUT2D eigenvalue weighted by molar-refractivity contribution is 6.09. The predicted octanol–water partition coefficient (Wildman–Crippen LogP) is 8.11. The van der Waals surface area contributed by atoms with Crippen LogP contribution in [0.15, 0.2) is 77.8 Å². The van der Waals surface area contributed by atoms with Gasteiger partial charge in [0, 0.05) is 29.5 Å². The van der Waals surface area contributed by atoms with Gasteiger partial charge in [0.2, 0.25) is 0 Å². The fourth-order valence-corrected chi connectivity index (χ4v) is 6.26. The van der Waals surface area contributed by atoms with Gasteiger partial charge in [0.25, 0.3) is 5.91 Å². The van der Waals surface area contributed by atoms with Crippen LogP contribution in [0.2, 0.25) is 0 Å². The van der Waals surface area contributed by atoms with Crippen molar-refractivity contribution in [2.45, 2.75) is 69.1 Å². The quantitative estimate of drug-likeness (QED) is 0.188. The number of nitrogens with one attached hydrogen (secondary N) is 1. The van der Waals surface area contributed by atoms with E-state index in [-0.39, 0.29) is 30.4 Å². The van der Waals surface area contributed by atoms with Crippen molar-refractivity contribution in [3.63, 3.8) is 0 Å². The first-order valence-corrected chi connectivity index (χ1v) is 14.7. The first-order valence-electron chi connectivity index (χ1n) is 14.7. The maximum absolute atomic E-state index is 13.9. The van der Waals surface area contributed by atoms with Crippen LogP contribution in [0.1, 0.15) is 77.7 Å². The summed E-state index contributed by atoms with van der Waals surface area (Å²) >= 11 is 0. The number of rotatable bonds is 9. The summed E-state index contributed by atoms with van der Waals surface area (Å²) in [5.41, 5.74) is -2.72. The normalized spacial score (nSPS) is 24.2. The van der Waals surface area contributed by atoms with Crippen LogP contribution in [-0.2, 0) is 21.9 Å². The second-order valence-electron chi connectivity index (χ2n) is 12.0. The summed E-state index contributed by atoms with van der Waals surface area (Å²) in [5.74, 6) is -2.11. The number of halogens is 7. The van der Waals surface area contributed by atoms with Crippen LogP contribution in [0, 0.1) is 11.7 Å². The van der Waals surface area contributed by atoms with Crippen molar-refractivity contribution in [2.75, 3.05) is 6.54 Å². The van der Waals surface area contributed by atoms with Crippen LogP contribution in [0.5, 0.6) is 0 Å². The molecule has 1 fully saturated rings. The zero-order valence-corrected chi connectivity index (χ0v) is 24.9. The highest BCUT2D eigenvalue weighted by Gasteiger charge is 2.48. The minimum atomic E-state index is -5.01. The summed E-state index contributed by atoms with van der Waals surface area (Å²) in [6, 6.07) is 15.5. The van der Waals surface area contributed by atoms with Gasteiger partial charge in [-0.05, 0) is 68.1 Å². The summed E-state index contributed by atoms with van der Waals surface area (Å²) in [7, 11) is 0. The molecule has 244 valence electrons. The third kappa shape index (κ3) is 7.23. The number of amides is 1. The summed E-state index contributed by atoms with van der Waals surface area (Å²) in [4.78, 5) is 30.2. The molecule has 5 nitrogen and oxygen atoms in total. The Morgan fingerprint density at radius 2 is 1.57 bits per heavy atom. The summed E-state index contributed by atoms with van der Waals surface area (Å²) < 4.78 is 101. The number of nitrogens with zero attached hydrogens (tertiary/aromatic N) is 1. The molecule has 1 aliphatic heterocycles. The van der Waals surface area contributed by atoms with E-state index in [1.54, 1.807) is 49.4 Å². The van der Waals surface area contributed by atoms with Crippen LogP contribution >= 0.6 is 0 Å². The predicted molar refractivity (Wildman–Crippen MR) is 156 cm³/mol. The standard InChI is InChI=1S/C34H31F7N2O3/c1-19(22-14-23(33(36,37)38)16-24(15-22)34(39,40)41)46-29-13-12-26(30(29)21-8-10-25(35)11-9-21)27-17-32(2,31(45)43-27)42-18-28(44)20-6-4-3-5-7-20/h3-11,14-16,19,26,29-30,42H,12-13,17-18H2,1-2H3/t19-,26+,29?,30+,32-/m1/s1. The van der Waals surface area contributed by atoms with Crippen LogP contribution in [0.25, 0.3) is 0 Å². The second kappa shape index (κ2) is 12.7. The largest absolute Gasteiger partial charge is 0.416 e. The van der Waals surface area contributed by atoms with E-state index in [1.807, 2.05) is 0 Å². The first kappa shape index (κ1) is 33.5.